The van der Waals surface area contributed by atoms with E-state index in [0.29, 0.717) is 11.3 Å². The summed E-state index contributed by atoms with van der Waals surface area (Å²) in [6.45, 7) is 0. The van der Waals surface area contributed by atoms with Gasteiger partial charge in [-0.1, -0.05) is 35.3 Å². The first-order valence-corrected chi connectivity index (χ1v) is 6.70. The summed E-state index contributed by atoms with van der Waals surface area (Å²) in [5.74, 6) is -1.38. The van der Waals surface area contributed by atoms with Crippen molar-refractivity contribution < 1.29 is 9.59 Å². The molecule has 0 aliphatic heterocycles. The predicted molar refractivity (Wildman–Crippen MR) is 84.0 cm³/mol. The average Bonchev–Trinajstić information content (AvgIpc) is 2.41. The summed E-state index contributed by atoms with van der Waals surface area (Å²) in [4.78, 5) is 22.3. The van der Waals surface area contributed by atoms with Gasteiger partial charge in [-0.05, 0) is 17.7 Å². The molecular weight excluding hydrogens is 367 g/mol. The first-order valence-electron chi connectivity index (χ1n) is 5.13. The van der Waals surface area contributed by atoms with Crippen molar-refractivity contribution in [1.29, 1.82) is 0 Å². The average molecular weight is 375 g/mol. The van der Waals surface area contributed by atoms with Crippen LogP contribution in [0.3, 0.4) is 0 Å². The van der Waals surface area contributed by atoms with E-state index in [2.05, 4.69) is 0 Å². The van der Waals surface area contributed by atoms with Gasteiger partial charge in [-0.25, -0.2) is 0 Å². The summed E-state index contributed by atoms with van der Waals surface area (Å²) in [5.41, 5.74) is 6.39. The van der Waals surface area contributed by atoms with Crippen LogP contribution in [-0.4, -0.2) is 16.9 Å². The first kappa shape index (κ1) is 17.6. The van der Waals surface area contributed by atoms with Crippen LogP contribution < -0.4 is 5.73 Å². The van der Waals surface area contributed by atoms with Crippen molar-refractivity contribution in [2.45, 2.75) is 10.3 Å². The van der Waals surface area contributed by atoms with Gasteiger partial charge in [0.05, 0.1) is 0 Å². The quantitative estimate of drug-likeness (QED) is 0.603. The van der Waals surface area contributed by atoms with Crippen LogP contribution in [0.25, 0.3) is 0 Å². The number of nitrogens with two attached hydrogens (primary N) is 1. The molecule has 1 aromatic carbocycles. The Labute approximate surface area is 141 Å². The smallest absolute Gasteiger partial charge is 0.203 e. The number of rotatable bonds is 1. The molecule has 0 saturated carbocycles. The maximum Gasteiger partial charge on any atom is 0.203 e. The fraction of sp³-hybridized carbons (Fsp3) is 0.167. The van der Waals surface area contributed by atoms with Crippen molar-refractivity contribution >= 4 is 76.1 Å². The third kappa shape index (κ3) is 2.53. The second-order valence-electron chi connectivity index (χ2n) is 4.02. The van der Waals surface area contributed by atoms with Crippen LogP contribution in [0, 0.1) is 0 Å². The number of Topliss-reactive ketones (excluding diaryl/α,β-unsaturated/α-hetero) is 2. The number of allylic oxidation sites excluding steroid dienone is 2. The van der Waals surface area contributed by atoms with Gasteiger partial charge in [0.1, 0.15) is 15.4 Å². The van der Waals surface area contributed by atoms with Crippen molar-refractivity contribution in [1.82, 2.24) is 0 Å². The van der Waals surface area contributed by atoms with Gasteiger partial charge in [-0.3, -0.25) is 9.59 Å². The van der Waals surface area contributed by atoms with Gasteiger partial charge in [0, 0.05) is 5.69 Å². The van der Waals surface area contributed by atoms with E-state index < -0.39 is 31.9 Å². The van der Waals surface area contributed by atoms with Gasteiger partial charge in [0.2, 0.25) is 5.78 Å². The number of anilines is 1. The molecule has 20 heavy (non-hydrogen) atoms. The molecule has 0 saturated heterocycles. The second kappa shape index (κ2) is 6.12. The van der Waals surface area contributed by atoms with Crippen LogP contribution in [0.5, 0.6) is 0 Å². The Bertz CT molecular complexity index is 598. The molecule has 0 spiro atoms. The summed E-state index contributed by atoms with van der Waals surface area (Å²) >= 11 is 23.7. The van der Waals surface area contributed by atoms with Crippen LogP contribution in [0.2, 0.25) is 0 Å². The number of nitrogen functional groups attached to an aromatic ring is 1. The van der Waals surface area contributed by atoms with E-state index in [0.717, 1.165) is 0 Å². The van der Waals surface area contributed by atoms with E-state index in [-0.39, 0.29) is 12.4 Å². The van der Waals surface area contributed by atoms with E-state index in [1.165, 1.54) is 12.1 Å². The van der Waals surface area contributed by atoms with Crippen molar-refractivity contribution in [3.63, 3.8) is 0 Å². The zero-order valence-corrected chi connectivity index (χ0v) is 13.5. The molecule has 8 heteroatoms. The monoisotopic (exact) mass is 373 g/mol. The highest BCUT2D eigenvalue weighted by Gasteiger charge is 2.54. The summed E-state index contributed by atoms with van der Waals surface area (Å²) < 4.78 is 0. The number of hydrogen-bond donors (Lipinski definition) is 1. The molecule has 0 amide bonds. The Morgan fingerprint density at radius 2 is 1.55 bits per heavy atom. The topological polar surface area (TPSA) is 60.2 Å². The van der Waals surface area contributed by atoms with Crippen molar-refractivity contribution in [2.75, 3.05) is 5.73 Å². The van der Waals surface area contributed by atoms with Crippen molar-refractivity contribution in [2.24, 2.45) is 0 Å². The van der Waals surface area contributed by atoms with E-state index >= 15 is 0 Å². The Morgan fingerprint density at radius 1 is 1.05 bits per heavy atom. The SMILES string of the molecule is Cl.Nc1ccc(C2(Cl)C(=O)C(Cl)=C(Cl)C(=O)C2Cl)cc1. The zero-order chi connectivity index (χ0) is 14.4. The molecule has 2 atom stereocenters. The number of carbonyl (C=O) groups is 2. The predicted octanol–water partition coefficient (Wildman–Crippen LogP) is 3.57. The van der Waals surface area contributed by atoms with Crippen LogP contribution >= 0.6 is 58.8 Å². The normalized spacial score (nSPS) is 26.5. The number of hydrogen-bond acceptors (Lipinski definition) is 3. The highest BCUT2D eigenvalue weighted by atomic mass is 35.5. The molecule has 0 bridgehead atoms. The minimum atomic E-state index is -1.78. The van der Waals surface area contributed by atoms with E-state index in [1.54, 1.807) is 12.1 Å². The molecule has 1 aliphatic rings. The van der Waals surface area contributed by atoms with Crippen molar-refractivity contribution in [3.05, 3.63) is 39.9 Å². The number of benzene rings is 1. The lowest BCUT2D eigenvalue weighted by Gasteiger charge is -2.33. The van der Waals surface area contributed by atoms with E-state index in [4.69, 9.17) is 52.1 Å². The summed E-state index contributed by atoms with van der Waals surface area (Å²) in [6, 6.07) is 6.14. The van der Waals surface area contributed by atoms with Gasteiger partial charge < -0.3 is 5.73 Å². The van der Waals surface area contributed by atoms with Gasteiger partial charge in [-0.2, -0.15) is 0 Å². The minimum absolute atomic E-state index is 0. The van der Waals surface area contributed by atoms with Crippen LogP contribution in [0.15, 0.2) is 34.3 Å². The zero-order valence-electron chi connectivity index (χ0n) is 9.70. The van der Waals surface area contributed by atoms with Crippen LogP contribution in [0.4, 0.5) is 5.69 Å². The van der Waals surface area contributed by atoms with Gasteiger partial charge in [-0.15, -0.1) is 35.6 Å². The van der Waals surface area contributed by atoms with Crippen LogP contribution in [-0.2, 0) is 14.5 Å². The molecule has 1 aliphatic carbocycles. The molecule has 0 heterocycles. The highest BCUT2D eigenvalue weighted by Crippen LogP contribution is 2.45. The number of halogens is 5. The maximum absolute atomic E-state index is 12.2. The Hall–Kier alpha value is -0.450. The Kier molecular flexibility index (Phi) is 5.39. The molecule has 2 N–H and O–H groups in total. The molecule has 1 aromatic rings. The number of carbonyl (C=O) groups excluding carboxylic acids is 2. The lowest BCUT2D eigenvalue weighted by molar-refractivity contribution is -0.123. The molecule has 108 valence electrons. The van der Waals surface area contributed by atoms with Crippen LogP contribution in [0.1, 0.15) is 5.56 Å². The lowest BCUT2D eigenvalue weighted by atomic mass is 9.84. The van der Waals surface area contributed by atoms with Gasteiger partial charge in [0.25, 0.3) is 0 Å². The van der Waals surface area contributed by atoms with Crippen molar-refractivity contribution in [3.8, 4) is 0 Å². The van der Waals surface area contributed by atoms with E-state index in [1.807, 2.05) is 0 Å². The summed E-state index contributed by atoms with van der Waals surface area (Å²) in [6.07, 6.45) is 0. The first-order chi connectivity index (χ1) is 8.80. The minimum Gasteiger partial charge on any atom is -0.399 e. The third-order valence-electron chi connectivity index (χ3n) is 2.85. The second-order valence-corrected chi connectivity index (χ2v) is 5.81. The fourth-order valence-corrected chi connectivity index (χ4v) is 2.97. The fourth-order valence-electron chi connectivity index (χ4n) is 1.78. The Morgan fingerprint density at radius 3 is 2.05 bits per heavy atom. The molecule has 0 radical (unpaired) electrons. The molecule has 0 fully saturated rings. The standard InChI is InChI=1S/C12H7Cl4NO2.ClH/c13-7-8(14)11(19)12(16,10(15)9(7)18)5-1-3-6(17)4-2-5;/h1-4,10H,17H2;1H. The molecule has 3 nitrogen and oxygen atoms in total. The van der Waals surface area contributed by atoms with Gasteiger partial charge in [0.15, 0.2) is 10.7 Å². The highest BCUT2D eigenvalue weighted by molar-refractivity contribution is 6.64. The number of ketones is 2. The molecule has 2 rings (SSSR count). The third-order valence-corrected chi connectivity index (χ3v) is 4.93. The summed E-state index contributed by atoms with van der Waals surface area (Å²) in [5, 5.41) is -2.13. The van der Waals surface area contributed by atoms with E-state index in [9.17, 15) is 9.59 Å². The molecule has 0 aromatic heterocycles. The molecular formula is C12H8Cl5NO2. The molecule has 2 unspecified atom stereocenters. The van der Waals surface area contributed by atoms with Gasteiger partial charge >= 0.3 is 0 Å². The lowest BCUT2D eigenvalue weighted by Crippen LogP contribution is -2.47. The maximum atomic E-state index is 12.2. The number of alkyl halides is 2. The summed E-state index contributed by atoms with van der Waals surface area (Å²) in [7, 11) is 0. The Balaban J connectivity index is 0.00000200. The largest absolute Gasteiger partial charge is 0.399 e.